The number of hydrogen-bond acceptors (Lipinski definition) is 5. The van der Waals surface area contributed by atoms with Crippen LogP contribution in [0.25, 0.3) is 11.0 Å². The molecule has 1 aliphatic heterocycles. The van der Waals surface area contributed by atoms with E-state index in [1.165, 1.54) is 18.4 Å². The quantitative estimate of drug-likeness (QED) is 0.410. The molecule has 0 radical (unpaired) electrons. The molecule has 7 nitrogen and oxygen atoms in total. The zero-order chi connectivity index (χ0) is 26.5. The molecular weight excluding hydrogens is 487 g/mol. The molecule has 1 saturated carbocycles. The summed E-state index contributed by atoms with van der Waals surface area (Å²) >= 11 is 0. The molecule has 8 heteroatoms. The normalized spacial score (nSPS) is 17.7. The van der Waals surface area contributed by atoms with Gasteiger partial charge in [0.1, 0.15) is 11.4 Å². The minimum Gasteiger partial charge on any atom is -0.464 e. The second-order valence-corrected chi connectivity index (χ2v) is 10.3. The average molecular weight is 521 g/mol. The Balaban J connectivity index is 1.40. The number of carbonyl (C=O) groups excluding carboxylic acids is 2. The lowest BCUT2D eigenvalue weighted by molar-refractivity contribution is -0.144. The molecule has 0 N–H and O–H groups in total. The van der Waals surface area contributed by atoms with Crippen LogP contribution in [0.5, 0.6) is 0 Å². The summed E-state index contributed by atoms with van der Waals surface area (Å²) in [5.74, 6) is -0.724. The largest absolute Gasteiger partial charge is 0.464 e. The number of carbonyl (C=O) groups is 2. The summed E-state index contributed by atoms with van der Waals surface area (Å²) < 4.78 is 25.0. The molecule has 2 heterocycles. The summed E-state index contributed by atoms with van der Waals surface area (Å²) in [4.78, 5) is 43.6. The summed E-state index contributed by atoms with van der Waals surface area (Å²) in [6, 6.07) is 12.9. The molecule has 2 aliphatic rings. The number of benzene rings is 2. The van der Waals surface area contributed by atoms with Crippen molar-refractivity contribution in [1.29, 1.82) is 0 Å². The van der Waals surface area contributed by atoms with Gasteiger partial charge in [-0.05, 0) is 55.5 Å². The smallest absolute Gasteiger partial charge is 0.242 e. The maximum Gasteiger partial charge on any atom is 0.242 e. The number of ether oxygens (including phenoxy) is 1. The first-order chi connectivity index (χ1) is 18.5. The first-order valence-corrected chi connectivity index (χ1v) is 13.4. The maximum absolute atomic E-state index is 13.8. The molecule has 1 aromatic heterocycles. The second-order valence-electron chi connectivity index (χ2n) is 10.3. The van der Waals surface area contributed by atoms with E-state index in [4.69, 9.17) is 9.15 Å². The maximum atomic E-state index is 13.8. The SMILES string of the molecule is O=C(CN(CC1CCCO1)C(=O)C1CCCC1)N(Cc1ccc(F)cc1)Cc1coc2ccccc2c1=O. The lowest BCUT2D eigenvalue weighted by Crippen LogP contribution is -2.47. The average Bonchev–Trinajstić information content (AvgIpc) is 3.65. The van der Waals surface area contributed by atoms with Gasteiger partial charge in [0, 0.05) is 25.6 Å². The minimum atomic E-state index is -0.369. The van der Waals surface area contributed by atoms with E-state index in [-0.39, 0.29) is 54.7 Å². The van der Waals surface area contributed by atoms with Crippen molar-refractivity contribution in [3.8, 4) is 0 Å². The summed E-state index contributed by atoms with van der Waals surface area (Å²) in [6.45, 7) is 1.11. The molecule has 2 fully saturated rings. The molecule has 1 atom stereocenters. The predicted octanol–water partition coefficient (Wildman–Crippen LogP) is 4.66. The lowest BCUT2D eigenvalue weighted by atomic mass is 10.1. The number of halogens is 1. The lowest BCUT2D eigenvalue weighted by Gasteiger charge is -2.30. The Hall–Kier alpha value is -3.52. The number of nitrogens with zero attached hydrogens (tertiary/aromatic N) is 2. The van der Waals surface area contributed by atoms with Gasteiger partial charge in [-0.1, -0.05) is 37.1 Å². The van der Waals surface area contributed by atoms with E-state index in [1.807, 2.05) is 0 Å². The predicted molar refractivity (Wildman–Crippen MR) is 141 cm³/mol. The van der Waals surface area contributed by atoms with Crippen LogP contribution in [0.2, 0.25) is 0 Å². The van der Waals surface area contributed by atoms with E-state index in [9.17, 15) is 18.8 Å². The van der Waals surface area contributed by atoms with Crippen LogP contribution in [-0.2, 0) is 27.4 Å². The van der Waals surface area contributed by atoms with E-state index < -0.39 is 0 Å². The van der Waals surface area contributed by atoms with Crippen LogP contribution in [0.4, 0.5) is 4.39 Å². The van der Waals surface area contributed by atoms with E-state index in [1.54, 1.807) is 46.2 Å². The number of para-hydroxylation sites is 1. The Bertz CT molecular complexity index is 1330. The molecule has 2 amide bonds. The first kappa shape index (κ1) is 26.1. The third-order valence-electron chi connectivity index (χ3n) is 7.54. The fourth-order valence-corrected chi connectivity index (χ4v) is 5.44. The molecule has 200 valence electrons. The fourth-order valence-electron chi connectivity index (χ4n) is 5.44. The van der Waals surface area contributed by atoms with Gasteiger partial charge in [0.15, 0.2) is 5.43 Å². The summed E-state index contributed by atoms with van der Waals surface area (Å²) in [7, 11) is 0. The third kappa shape index (κ3) is 6.13. The highest BCUT2D eigenvalue weighted by Crippen LogP contribution is 2.27. The van der Waals surface area contributed by atoms with Crippen molar-refractivity contribution in [3.05, 3.63) is 82.0 Å². The molecule has 2 aromatic carbocycles. The first-order valence-electron chi connectivity index (χ1n) is 13.4. The van der Waals surface area contributed by atoms with E-state index in [0.29, 0.717) is 29.7 Å². The Morgan fingerprint density at radius 1 is 0.921 bits per heavy atom. The third-order valence-corrected chi connectivity index (χ3v) is 7.54. The minimum absolute atomic E-state index is 0.00157. The zero-order valence-electron chi connectivity index (χ0n) is 21.4. The van der Waals surface area contributed by atoms with Gasteiger partial charge in [0.05, 0.1) is 36.4 Å². The number of hydrogen-bond donors (Lipinski definition) is 0. The van der Waals surface area contributed by atoms with Crippen molar-refractivity contribution in [1.82, 2.24) is 9.80 Å². The van der Waals surface area contributed by atoms with Crippen LogP contribution in [0.3, 0.4) is 0 Å². The Morgan fingerprint density at radius 3 is 2.42 bits per heavy atom. The summed E-state index contributed by atoms with van der Waals surface area (Å²) in [5, 5.41) is 0.440. The molecule has 0 spiro atoms. The van der Waals surface area contributed by atoms with Gasteiger partial charge in [-0.25, -0.2) is 4.39 Å². The fraction of sp³-hybridized carbons (Fsp3) is 0.433. The van der Waals surface area contributed by atoms with Crippen molar-refractivity contribution in [2.45, 2.75) is 57.7 Å². The standard InChI is InChI=1S/C30H33FN2O5/c31-24-13-11-21(12-14-24)16-32(17-23-20-38-27-10-4-3-9-26(27)29(23)35)28(34)19-33(18-25-8-5-15-37-25)30(36)22-6-1-2-7-22/h3-4,9-14,20,22,25H,1-2,5-8,15-19H2. The van der Waals surface area contributed by atoms with Gasteiger partial charge in [0.25, 0.3) is 0 Å². The number of amides is 2. The van der Waals surface area contributed by atoms with Crippen molar-refractivity contribution >= 4 is 22.8 Å². The summed E-state index contributed by atoms with van der Waals surface area (Å²) in [5.41, 5.74) is 1.33. The van der Waals surface area contributed by atoms with Crippen molar-refractivity contribution in [2.75, 3.05) is 19.7 Å². The molecule has 0 bridgehead atoms. The molecule has 5 rings (SSSR count). The molecule has 1 aliphatic carbocycles. The van der Waals surface area contributed by atoms with Crippen LogP contribution in [0.1, 0.15) is 49.7 Å². The molecule has 1 unspecified atom stereocenters. The molecule has 1 saturated heterocycles. The van der Waals surface area contributed by atoms with Gasteiger partial charge < -0.3 is 19.0 Å². The molecular formula is C30H33FN2O5. The van der Waals surface area contributed by atoms with Gasteiger partial charge in [-0.2, -0.15) is 0 Å². The van der Waals surface area contributed by atoms with Gasteiger partial charge in [-0.3, -0.25) is 14.4 Å². The highest BCUT2D eigenvalue weighted by molar-refractivity contribution is 5.86. The Kier molecular flexibility index (Phi) is 8.17. The molecule has 38 heavy (non-hydrogen) atoms. The second kappa shape index (κ2) is 11.9. The Morgan fingerprint density at radius 2 is 1.68 bits per heavy atom. The highest BCUT2D eigenvalue weighted by Gasteiger charge is 2.32. The Labute approximate surface area is 221 Å². The van der Waals surface area contributed by atoms with E-state index in [2.05, 4.69) is 0 Å². The van der Waals surface area contributed by atoms with Crippen LogP contribution in [0.15, 0.2) is 64.0 Å². The topological polar surface area (TPSA) is 80.1 Å². The number of rotatable bonds is 9. The van der Waals surface area contributed by atoms with E-state index in [0.717, 1.165) is 44.1 Å². The van der Waals surface area contributed by atoms with Crippen LogP contribution in [0, 0.1) is 11.7 Å². The van der Waals surface area contributed by atoms with Gasteiger partial charge >= 0.3 is 0 Å². The monoisotopic (exact) mass is 520 g/mol. The molecule has 3 aromatic rings. The number of fused-ring (bicyclic) bond motifs is 1. The van der Waals surface area contributed by atoms with E-state index >= 15 is 0 Å². The van der Waals surface area contributed by atoms with Gasteiger partial charge in [-0.15, -0.1) is 0 Å². The van der Waals surface area contributed by atoms with Crippen molar-refractivity contribution < 1.29 is 23.1 Å². The zero-order valence-corrected chi connectivity index (χ0v) is 21.4. The van der Waals surface area contributed by atoms with Crippen molar-refractivity contribution in [3.63, 3.8) is 0 Å². The highest BCUT2D eigenvalue weighted by atomic mass is 19.1. The van der Waals surface area contributed by atoms with Crippen LogP contribution in [-0.4, -0.2) is 47.4 Å². The van der Waals surface area contributed by atoms with Crippen LogP contribution >= 0.6 is 0 Å². The van der Waals surface area contributed by atoms with Crippen molar-refractivity contribution in [2.24, 2.45) is 5.92 Å². The van der Waals surface area contributed by atoms with Gasteiger partial charge in [0.2, 0.25) is 11.8 Å². The van der Waals surface area contributed by atoms with Crippen LogP contribution < -0.4 is 5.43 Å². The summed E-state index contributed by atoms with van der Waals surface area (Å²) in [6.07, 6.45) is 6.84.